The van der Waals surface area contributed by atoms with Crippen LogP contribution in [-0.2, 0) is 5.75 Å². The first-order valence-corrected chi connectivity index (χ1v) is 6.52. The molecule has 2 rings (SSSR count). The van der Waals surface area contributed by atoms with Crippen LogP contribution < -0.4 is 4.73 Å². The van der Waals surface area contributed by atoms with E-state index >= 15 is 0 Å². The molecule has 17 heavy (non-hydrogen) atoms. The van der Waals surface area contributed by atoms with E-state index in [4.69, 9.17) is 23.2 Å². The third-order valence-electron chi connectivity index (χ3n) is 2.00. The summed E-state index contributed by atoms with van der Waals surface area (Å²) < 4.78 is 0.828. The van der Waals surface area contributed by atoms with E-state index in [-0.39, 0.29) is 0 Å². The average molecular weight is 287 g/mol. The molecule has 0 bridgehead atoms. The van der Waals surface area contributed by atoms with Gasteiger partial charge in [-0.1, -0.05) is 35.0 Å². The van der Waals surface area contributed by atoms with Gasteiger partial charge in [0.15, 0.2) is 6.20 Å². The predicted octanol–water partition coefficient (Wildman–Crippen LogP) is 3.31. The number of halogens is 2. The number of thioether (sulfide) groups is 1. The zero-order valence-corrected chi connectivity index (χ0v) is 11.0. The Labute approximate surface area is 113 Å². The van der Waals surface area contributed by atoms with Crippen LogP contribution in [0.2, 0.25) is 10.3 Å². The number of hydrogen-bond donors (Lipinski definition) is 0. The molecule has 0 atom stereocenters. The van der Waals surface area contributed by atoms with Crippen LogP contribution in [0.4, 0.5) is 0 Å². The van der Waals surface area contributed by atoms with E-state index in [1.165, 1.54) is 18.0 Å². The maximum atomic E-state index is 11.4. The van der Waals surface area contributed by atoms with Gasteiger partial charge in [-0.3, -0.25) is 0 Å². The minimum atomic E-state index is 0.358. The van der Waals surface area contributed by atoms with Crippen molar-refractivity contribution in [2.45, 2.75) is 10.8 Å². The lowest BCUT2D eigenvalue weighted by molar-refractivity contribution is -0.645. The van der Waals surface area contributed by atoms with Gasteiger partial charge in [0.05, 0.1) is 0 Å². The molecule has 0 aliphatic rings. The zero-order chi connectivity index (χ0) is 12.3. The Hall–Kier alpha value is -0.970. The molecule has 2 heterocycles. The topological polar surface area (TPSA) is 39.8 Å². The van der Waals surface area contributed by atoms with Crippen molar-refractivity contribution in [1.82, 2.24) is 4.98 Å². The molecule has 0 unspecified atom stereocenters. The van der Waals surface area contributed by atoms with Gasteiger partial charge in [-0.25, -0.2) is 4.98 Å². The monoisotopic (exact) mass is 286 g/mol. The molecule has 0 saturated heterocycles. The second-order valence-corrected chi connectivity index (χ2v) is 5.04. The third kappa shape index (κ3) is 3.49. The SMILES string of the molecule is [O-][n+]1ccccc1SCc1cc(Cl)nc(Cl)c1. The third-order valence-corrected chi connectivity index (χ3v) is 3.47. The summed E-state index contributed by atoms with van der Waals surface area (Å²) in [6.45, 7) is 0. The van der Waals surface area contributed by atoms with Crippen LogP contribution in [0.15, 0.2) is 41.6 Å². The van der Waals surface area contributed by atoms with Gasteiger partial charge in [0.25, 0.3) is 5.03 Å². The molecule has 0 spiro atoms. The van der Waals surface area contributed by atoms with Crippen LogP contribution in [0.1, 0.15) is 5.56 Å². The predicted molar refractivity (Wildman–Crippen MR) is 69.2 cm³/mol. The molecule has 0 aromatic carbocycles. The van der Waals surface area contributed by atoms with Crippen LogP contribution >= 0.6 is 35.0 Å². The van der Waals surface area contributed by atoms with E-state index in [1.807, 2.05) is 6.07 Å². The van der Waals surface area contributed by atoms with Gasteiger partial charge in [-0.2, -0.15) is 4.73 Å². The lowest BCUT2D eigenvalue weighted by Crippen LogP contribution is -2.27. The largest absolute Gasteiger partial charge is 0.618 e. The van der Waals surface area contributed by atoms with Crippen LogP contribution in [0.3, 0.4) is 0 Å². The highest BCUT2D eigenvalue weighted by Gasteiger charge is 2.06. The molecule has 0 N–H and O–H groups in total. The van der Waals surface area contributed by atoms with Crippen molar-refractivity contribution < 1.29 is 4.73 Å². The summed E-state index contributed by atoms with van der Waals surface area (Å²) in [7, 11) is 0. The van der Waals surface area contributed by atoms with Crippen molar-refractivity contribution in [3.8, 4) is 0 Å². The van der Waals surface area contributed by atoms with E-state index in [1.54, 1.807) is 24.3 Å². The highest BCUT2D eigenvalue weighted by Crippen LogP contribution is 2.22. The van der Waals surface area contributed by atoms with Gasteiger partial charge in [0.1, 0.15) is 10.3 Å². The maximum absolute atomic E-state index is 11.4. The lowest BCUT2D eigenvalue weighted by Gasteiger charge is -2.04. The van der Waals surface area contributed by atoms with Crippen molar-refractivity contribution in [3.05, 3.63) is 57.6 Å². The quantitative estimate of drug-likeness (QED) is 0.376. The number of rotatable bonds is 3. The zero-order valence-electron chi connectivity index (χ0n) is 8.64. The number of nitrogens with zero attached hydrogens (tertiary/aromatic N) is 2. The molecule has 0 saturated carbocycles. The molecule has 0 aliphatic carbocycles. The summed E-state index contributed by atoms with van der Waals surface area (Å²) in [5, 5.41) is 12.8. The molecule has 88 valence electrons. The van der Waals surface area contributed by atoms with Gasteiger partial charge in [0, 0.05) is 17.9 Å². The average Bonchev–Trinajstić information content (AvgIpc) is 2.27. The highest BCUT2D eigenvalue weighted by atomic mass is 35.5. The van der Waals surface area contributed by atoms with Gasteiger partial charge in [0.2, 0.25) is 0 Å². The molecule has 3 nitrogen and oxygen atoms in total. The van der Waals surface area contributed by atoms with Gasteiger partial charge in [-0.05, 0) is 23.8 Å². The first kappa shape index (κ1) is 12.5. The molecule has 0 aliphatic heterocycles. The van der Waals surface area contributed by atoms with Crippen molar-refractivity contribution in [1.29, 1.82) is 0 Å². The van der Waals surface area contributed by atoms with Gasteiger partial charge < -0.3 is 5.21 Å². The Morgan fingerprint density at radius 1 is 1.24 bits per heavy atom. The minimum absolute atomic E-state index is 0.358. The summed E-state index contributed by atoms with van der Waals surface area (Å²) >= 11 is 13.0. The first-order chi connectivity index (χ1) is 8.15. The normalized spacial score (nSPS) is 10.5. The smallest absolute Gasteiger partial charge is 0.251 e. The molecular weight excluding hydrogens is 279 g/mol. The maximum Gasteiger partial charge on any atom is 0.251 e. The van der Waals surface area contributed by atoms with E-state index in [0.29, 0.717) is 21.1 Å². The van der Waals surface area contributed by atoms with E-state index in [0.717, 1.165) is 10.3 Å². The summed E-state index contributed by atoms with van der Waals surface area (Å²) in [5.41, 5.74) is 0.934. The van der Waals surface area contributed by atoms with E-state index in [2.05, 4.69) is 4.98 Å². The molecule has 0 radical (unpaired) electrons. The Balaban J connectivity index is 2.10. The fraction of sp³-hybridized carbons (Fsp3) is 0.0909. The molecule has 0 amide bonds. The van der Waals surface area contributed by atoms with Gasteiger partial charge in [-0.15, -0.1) is 0 Å². The molecule has 2 aromatic heterocycles. The summed E-state index contributed by atoms with van der Waals surface area (Å²) in [5.74, 6) is 0.619. The summed E-state index contributed by atoms with van der Waals surface area (Å²) in [6.07, 6.45) is 1.47. The van der Waals surface area contributed by atoms with Crippen LogP contribution in [0.25, 0.3) is 0 Å². The van der Waals surface area contributed by atoms with Crippen LogP contribution in [-0.4, -0.2) is 4.98 Å². The molecule has 2 aromatic rings. The summed E-state index contributed by atoms with van der Waals surface area (Å²) in [6, 6.07) is 8.75. The van der Waals surface area contributed by atoms with Crippen molar-refractivity contribution in [3.63, 3.8) is 0 Å². The molecule has 6 heteroatoms. The first-order valence-electron chi connectivity index (χ1n) is 4.78. The second kappa shape index (κ2) is 5.58. The Morgan fingerprint density at radius 3 is 2.59 bits per heavy atom. The Morgan fingerprint density at radius 2 is 1.94 bits per heavy atom. The van der Waals surface area contributed by atoms with Crippen molar-refractivity contribution in [2.75, 3.05) is 0 Å². The molecule has 0 fully saturated rings. The minimum Gasteiger partial charge on any atom is -0.618 e. The fourth-order valence-corrected chi connectivity index (χ4v) is 2.63. The van der Waals surface area contributed by atoms with E-state index < -0.39 is 0 Å². The standard InChI is InChI=1S/C11H8Cl2N2OS/c12-9-5-8(6-10(13)14-9)7-17-11-3-1-2-4-15(11)16/h1-6H,7H2. The Bertz CT molecular complexity index is 516. The van der Waals surface area contributed by atoms with Crippen molar-refractivity contribution >= 4 is 35.0 Å². The molecular formula is C11H8Cl2N2OS. The van der Waals surface area contributed by atoms with Crippen LogP contribution in [0, 0.1) is 5.21 Å². The summed E-state index contributed by atoms with van der Waals surface area (Å²) in [4.78, 5) is 3.86. The lowest BCUT2D eigenvalue weighted by atomic mass is 10.3. The fourth-order valence-electron chi connectivity index (χ4n) is 1.28. The number of hydrogen-bond acceptors (Lipinski definition) is 3. The number of pyridine rings is 2. The van der Waals surface area contributed by atoms with E-state index in [9.17, 15) is 5.21 Å². The highest BCUT2D eigenvalue weighted by molar-refractivity contribution is 7.98. The Kier molecular flexibility index (Phi) is 4.10. The second-order valence-electron chi connectivity index (χ2n) is 3.27. The van der Waals surface area contributed by atoms with Crippen molar-refractivity contribution in [2.24, 2.45) is 0 Å². The van der Waals surface area contributed by atoms with Crippen LogP contribution in [0.5, 0.6) is 0 Å². The van der Waals surface area contributed by atoms with Gasteiger partial charge >= 0.3 is 0 Å². The number of aromatic nitrogens is 2.